The lowest BCUT2D eigenvalue weighted by atomic mass is 9.95. The molecule has 4 heterocycles. The van der Waals surface area contributed by atoms with Crippen molar-refractivity contribution in [1.82, 2.24) is 39.1 Å². The maximum atomic E-state index is 6.47. The molecule has 6 rings (SSSR count). The Kier molecular flexibility index (Phi) is 7.23. The van der Waals surface area contributed by atoms with Crippen LogP contribution in [-0.4, -0.2) is 57.1 Å². The molecule has 0 atom stereocenters. The van der Waals surface area contributed by atoms with Gasteiger partial charge in [-0.1, -0.05) is 38.5 Å². The van der Waals surface area contributed by atoms with Gasteiger partial charge in [-0.2, -0.15) is 19.9 Å². The lowest BCUT2D eigenvalue weighted by Crippen LogP contribution is -2.41. The number of rotatable bonds is 7. The summed E-state index contributed by atoms with van der Waals surface area (Å²) in [6, 6.07) is 0.510. The fraction of sp³-hybridized carbons (Fsp3) is 0.583. The van der Waals surface area contributed by atoms with E-state index in [0.717, 1.165) is 38.5 Å². The zero-order valence-corrected chi connectivity index (χ0v) is 22.7. The Labute approximate surface area is 229 Å². The van der Waals surface area contributed by atoms with Crippen molar-refractivity contribution in [3.8, 4) is 0 Å². The number of hydrogen-bond acceptors (Lipinski definition) is 8. The van der Waals surface area contributed by atoms with Crippen LogP contribution in [0.25, 0.3) is 22.3 Å². The summed E-state index contributed by atoms with van der Waals surface area (Å²) in [6.45, 7) is 0.571. The number of imidazole rings is 2. The van der Waals surface area contributed by atoms with E-state index in [1.165, 1.54) is 25.7 Å². The molecule has 4 aromatic rings. The number of anilines is 2. The van der Waals surface area contributed by atoms with Crippen LogP contribution < -0.4 is 10.3 Å². The van der Waals surface area contributed by atoms with Gasteiger partial charge in [-0.3, -0.25) is 5.01 Å². The SMILES string of the molecule is ClCCn1cnc2c(N(C3CCCCC3)n3cnc4c(NC5CCCCC5)nc(Cl)nc43)nc(Cl)nc21. The molecule has 0 amide bonds. The Balaban J connectivity index is 1.49. The topological polar surface area (TPSA) is 102 Å². The Morgan fingerprint density at radius 1 is 0.811 bits per heavy atom. The van der Waals surface area contributed by atoms with E-state index in [0.29, 0.717) is 52.4 Å². The Morgan fingerprint density at radius 3 is 2.24 bits per heavy atom. The second-order valence-electron chi connectivity index (χ2n) is 9.83. The first-order valence-corrected chi connectivity index (χ1v) is 14.3. The minimum atomic E-state index is 0.149. The second-order valence-corrected chi connectivity index (χ2v) is 10.9. The maximum absolute atomic E-state index is 6.47. The summed E-state index contributed by atoms with van der Waals surface area (Å²) in [5, 5.41) is 6.03. The molecule has 0 aliphatic heterocycles. The number of aryl methyl sites for hydroxylation is 1. The van der Waals surface area contributed by atoms with Crippen molar-refractivity contribution < 1.29 is 0 Å². The molecule has 0 aromatic carbocycles. The summed E-state index contributed by atoms with van der Waals surface area (Å²) in [6.07, 6.45) is 14.9. The van der Waals surface area contributed by atoms with Crippen LogP contribution in [0.15, 0.2) is 12.7 Å². The van der Waals surface area contributed by atoms with Gasteiger partial charge in [0.25, 0.3) is 0 Å². The molecule has 37 heavy (non-hydrogen) atoms. The van der Waals surface area contributed by atoms with Gasteiger partial charge in [-0.15, -0.1) is 11.6 Å². The molecular weight excluding hydrogens is 535 g/mol. The third-order valence-electron chi connectivity index (χ3n) is 7.41. The molecule has 0 bridgehead atoms. The highest BCUT2D eigenvalue weighted by Gasteiger charge is 2.30. The standard InChI is InChI=1S/C24H29Cl3N10/c25-11-12-35-13-28-18-20(35)32-24(27)34-22(18)37(16-9-5-2-6-10-16)36-14-29-17-19(31-23(26)33-21(17)36)30-15-7-3-1-4-8-15/h13-16H,1-12H2,(H,30,31,33). The predicted molar refractivity (Wildman–Crippen MR) is 147 cm³/mol. The molecule has 0 spiro atoms. The number of nitrogens with zero attached hydrogens (tertiary/aromatic N) is 9. The molecule has 0 radical (unpaired) electrons. The highest BCUT2D eigenvalue weighted by Crippen LogP contribution is 2.34. The van der Waals surface area contributed by atoms with Crippen molar-refractivity contribution in [1.29, 1.82) is 0 Å². The van der Waals surface area contributed by atoms with Crippen molar-refractivity contribution in [3.05, 3.63) is 23.2 Å². The van der Waals surface area contributed by atoms with E-state index in [2.05, 4.69) is 35.2 Å². The van der Waals surface area contributed by atoms with Gasteiger partial charge in [0, 0.05) is 18.5 Å². The molecule has 1 N–H and O–H groups in total. The summed E-state index contributed by atoms with van der Waals surface area (Å²) in [5.41, 5.74) is 2.60. The summed E-state index contributed by atoms with van der Waals surface area (Å²) in [5.74, 6) is 1.72. The van der Waals surface area contributed by atoms with Crippen LogP contribution in [0.1, 0.15) is 64.2 Å². The van der Waals surface area contributed by atoms with Crippen molar-refractivity contribution in [2.45, 2.75) is 82.8 Å². The van der Waals surface area contributed by atoms with Crippen molar-refractivity contribution in [3.63, 3.8) is 0 Å². The molecule has 2 aliphatic carbocycles. The Hall–Kier alpha value is -2.43. The normalized spacial score (nSPS) is 17.6. The van der Waals surface area contributed by atoms with E-state index in [-0.39, 0.29) is 16.6 Å². The van der Waals surface area contributed by atoms with Crippen molar-refractivity contribution >= 4 is 68.8 Å². The van der Waals surface area contributed by atoms with E-state index in [4.69, 9.17) is 39.8 Å². The van der Waals surface area contributed by atoms with Gasteiger partial charge in [0.1, 0.15) is 6.33 Å². The number of fused-ring (bicyclic) bond motifs is 2. The number of nitrogens with one attached hydrogen (secondary N) is 1. The van der Waals surface area contributed by atoms with E-state index in [1.54, 1.807) is 12.7 Å². The summed E-state index contributed by atoms with van der Waals surface area (Å²) >= 11 is 19.0. The van der Waals surface area contributed by atoms with Gasteiger partial charge in [0.15, 0.2) is 34.0 Å². The molecule has 2 fully saturated rings. The second kappa shape index (κ2) is 10.7. The van der Waals surface area contributed by atoms with Crippen LogP contribution in [0.4, 0.5) is 11.6 Å². The van der Waals surface area contributed by atoms with E-state index in [9.17, 15) is 0 Å². The van der Waals surface area contributed by atoms with Crippen LogP contribution in [0.3, 0.4) is 0 Å². The summed E-state index contributed by atoms with van der Waals surface area (Å²) in [4.78, 5) is 27.7. The van der Waals surface area contributed by atoms with Crippen molar-refractivity contribution in [2.75, 3.05) is 16.2 Å². The first-order chi connectivity index (χ1) is 18.1. The van der Waals surface area contributed by atoms with E-state index < -0.39 is 0 Å². The number of aromatic nitrogens is 8. The van der Waals surface area contributed by atoms with E-state index >= 15 is 0 Å². The van der Waals surface area contributed by atoms with Crippen LogP contribution in [-0.2, 0) is 6.54 Å². The molecule has 10 nitrogen and oxygen atoms in total. The summed E-state index contributed by atoms with van der Waals surface area (Å²) in [7, 11) is 0. The minimum absolute atomic E-state index is 0.149. The summed E-state index contributed by atoms with van der Waals surface area (Å²) < 4.78 is 3.83. The molecule has 196 valence electrons. The lowest BCUT2D eigenvalue weighted by molar-refractivity contribution is 0.395. The van der Waals surface area contributed by atoms with Gasteiger partial charge < -0.3 is 9.88 Å². The minimum Gasteiger partial charge on any atom is -0.365 e. The van der Waals surface area contributed by atoms with Crippen LogP contribution in [0.5, 0.6) is 0 Å². The van der Waals surface area contributed by atoms with Crippen LogP contribution in [0.2, 0.25) is 10.6 Å². The quantitative estimate of drug-likeness (QED) is 0.220. The zero-order valence-electron chi connectivity index (χ0n) is 20.5. The van der Waals surface area contributed by atoms with Crippen LogP contribution >= 0.6 is 34.8 Å². The fourth-order valence-corrected chi connectivity index (χ4v) is 6.16. The van der Waals surface area contributed by atoms with Crippen molar-refractivity contribution in [2.24, 2.45) is 0 Å². The average molecular weight is 564 g/mol. The smallest absolute Gasteiger partial charge is 0.226 e. The highest BCUT2D eigenvalue weighted by molar-refractivity contribution is 6.29. The first-order valence-electron chi connectivity index (χ1n) is 13.0. The Bertz CT molecular complexity index is 1390. The third kappa shape index (κ3) is 4.91. The van der Waals surface area contributed by atoms with Crippen LogP contribution in [0, 0.1) is 0 Å². The van der Waals surface area contributed by atoms with Gasteiger partial charge in [0.2, 0.25) is 10.6 Å². The molecule has 13 heteroatoms. The number of alkyl halides is 1. The van der Waals surface area contributed by atoms with E-state index in [1.807, 2.05) is 9.24 Å². The maximum Gasteiger partial charge on any atom is 0.226 e. The molecular formula is C24H29Cl3N10. The highest BCUT2D eigenvalue weighted by atomic mass is 35.5. The third-order valence-corrected chi connectivity index (χ3v) is 7.92. The Morgan fingerprint density at radius 2 is 1.49 bits per heavy atom. The zero-order chi connectivity index (χ0) is 25.4. The van der Waals surface area contributed by atoms with Gasteiger partial charge in [-0.25, -0.2) is 14.6 Å². The largest absolute Gasteiger partial charge is 0.365 e. The molecule has 0 unspecified atom stereocenters. The lowest BCUT2D eigenvalue weighted by Gasteiger charge is -2.35. The number of hydrogen-bond donors (Lipinski definition) is 1. The van der Waals surface area contributed by atoms with Gasteiger partial charge in [-0.05, 0) is 48.9 Å². The van der Waals surface area contributed by atoms with Gasteiger partial charge >= 0.3 is 0 Å². The molecule has 4 aromatic heterocycles. The fourth-order valence-electron chi connectivity index (χ4n) is 5.66. The average Bonchev–Trinajstić information content (AvgIpc) is 3.50. The first kappa shape index (κ1) is 24.9. The number of halogens is 3. The predicted octanol–water partition coefficient (Wildman–Crippen LogP) is 5.86. The monoisotopic (exact) mass is 562 g/mol. The molecule has 2 saturated carbocycles. The molecule has 0 saturated heterocycles. The molecule has 2 aliphatic rings. The van der Waals surface area contributed by atoms with Gasteiger partial charge in [0.05, 0.1) is 12.4 Å².